The Bertz CT molecular complexity index is 1850. The van der Waals surface area contributed by atoms with Gasteiger partial charge in [-0.3, -0.25) is 0 Å². The second-order valence-corrected chi connectivity index (χ2v) is 17.3. The van der Waals surface area contributed by atoms with Gasteiger partial charge in [-0.15, -0.1) is 0 Å². The summed E-state index contributed by atoms with van der Waals surface area (Å²) >= 11 is 14.9. The molecule has 0 unspecified atom stereocenters. The zero-order valence-electron chi connectivity index (χ0n) is 35.0. The Morgan fingerprint density at radius 1 is 0.383 bits per heavy atom. The van der Waals surface area contributed by atoms with Crippen LogP contribution in [0.2, 0.25) is 0 Å². The summed E-state index contributed by atoms with van der Waals surface area (Å²) in [6.45, 7) is 8.41. The Balaban J connectivity index is 1.50. The molecular formula is C48H56O9S3. The molecule has 320 valence electrons. The number of aliphatic hydroxyl groups excluding tert-OH is 1. The molecule has 0 saturated heterocycles. The molecule has 5 aliphatic rings. The van der Waals surface area contributed by atoms with Gasteiger partial charge >= 0.3 is 0 Å². The predicted octanol–water partition coefficient (Wildman–Crippen LogP) is 11.4. The van der Waals surface area contributed by atoms with Crippen LogP contribution in [0.4, 0.5) is 0 Å². The van der Waals surface area contributed by atoms with Gasteiger partial charge in [-0.1, -0.05) is 53.4 Å². The Morgan fingerprint density at radius 2 is 0.583 bits per heavy atom. The monoisotopic (exact) mass is 872 g/mol. The molecule has 0 aromatic heterocycles. The molecule has 0 saturated carbocycles. The lowest BCUT2D eigenvalue weighted by molar-refractivity contribution is 0.0933. The van der Waals surface area contributed by atoms with E-state index >= 15 is 0 Å². The third-order valence-corrected chi connectivity index (χ3v) is 14.1. The summed E-state index contributed by atoms with van der Waals surface area (Å²) in [5.41, 5.74) is 11.7. The van der Waals surface area contributed by atoms with Gasteiger partial charge in [-0.2, -0.15) is 37.9 Å². The summed E-state index contributed by atoms with van der Waals surface area (Å²) in [5.74, 6) is 6.26. The average molecular weight is 873 g/mol. The minimum Gasteiger partial charge on any atom is -0.457 e. The number of benzene rings is 4. The maximum absolute atomic E-state index is 11.3. The maximum Gasteiger partial charge on any atom is 0.230 e. The Labute approximate surface area is 369 Å². The summed E-state index contributed by atoms with van der Waals surface area (Å²) in [7, 11) is 0. The fraction of sp³-hybridized carbons (Fsp3) is 0.500. The van der Waals surface area contributed by atoms with Crippen LogP contribution >= 0.6 is 37.9 Å². The molecule has 9 nitrogen and oxygen atoms in total. The van der Waals surface area contributed by atoms with Crippen LogP contribution in [0, 0.1) is 0 Å². The molecule has 4 heterocycles. The van der Waals surface area contributed by atoms with Crippen LogP contribution in [0.3, 0.4) is 0 Å². The lowest BCUT2D eigenvalue weighted by Gasteiger charge is -2.37. The summed E-state index contributed by atoms with van der Waals surface area (Å²) < 4.78 is 53.4. The van der Waals surface area contributed by atoms with Gasteiger partial charge < -0.3 is 43.0 Å². The van der Waals surface area contributed by atoms with Crippen molar-refractivity contribution in [2.24, 2.45) is 0 Å². The van der Waals surface area contributed by atoms with Crippen LogP contribution in [-0.2, 0) is 23.9 Å². The summed E-state index contributed by atoms with van der Waals surface area (Å²) in [4.78, 5) is 0. The van der Waals surface area contributed by atoms with Gasteiger partial charge in [-0.05, 0) is 49.9 Å². The molecule has 9 rings (SSSR count). The van der Waals surface area contributed by atoms with E-state index in [4.69, 9.17) is 75.8 Å². The van der Waals surface area contributed by atoms with Crippen molar-refractivity contribution >= 4 is 37.9 Å². The molecule has 1 N–H and O–H groups in total. The molecule has 0 radical (unpaired) electrons. The maximum atomic E-state index is 11.3. The molecule has 0 fully saturated rings. The molecule has 4 aromatic rings. The van der Waals surface area contributed by atoms with E-state index < -0.39 is 0 Å². The van der Waals surface area contributed by atoms with E-state index in [1.54, 1.807) is 0 Å². The number of rotatable bonds is 12. The Hall–Kier alpha value is -3.71. The van der Waals surface area contributed by atoms with E-state index in [0.717, 1.165) is 147 Å². The SMILES string of the molecule is CCC[C@@H]1c2cc3c4c(CS)c2OCOc2c1cc1c(c2CS)OCOc2c(cc5c(c2CO)OCOc2c(cc(c(c2CS)OCO4)[C@@H]3CCC)[C@H]5CCC)[C@@H]1CCC. The van der Waals surface area contributed by atoms with Crippen LogP contribution in [-0.4, -0.2) is 32.3 Å². The summed E-state index contributed by atoms with van der Waals surface area (Å²) in [6.07, 6.45) is 6.93. The van der Waals surface area contributed by atoms with Gasteiger partial charge in [0.15, 0.2) is 0 Å². The van der Waals surface area contributed by atoms with E-state index in [9.17, 15) is 5.11 Å². The van der Waals surface area contributed by atoms with Crippen LogP contribution < -0.4 is 37.9 Å². The van der Waals surface area contributed by atoms with Crippen molar-refractivity contribution in [2.45, 2.75) is 127 Å². The first-order valence-electron chi connectivity index (χ1n) is 21.7. The van der Waals surface area contributed by atoms with Gasteiger partial charge in [0.05, 0.1) is 12.2 Å². The highest BCUT2D eigenvalue weighted by Crippen LogP contribution is 2.58. The zero-order valence-corrected chi connectivity index (χ0v) is 37.7. The van der Waals surface area contributed by atoms with E-state index in [1.807, 2.05) is 0 Å². The standard InChI is InChI=1S/C48H56O9S3/c1-5-9-25-29-13-30-26(10-6-2)32-15-34-28(12-8-4)36-16-35-27(11-7-3)33-14-31(25)43-38(18-58)45(33)54-23-56-47(35)40(20-60)48(36)57-24-55-46(34)39(19-59)44(32)53-22-51-42(30)37(17-49)41(29)50-21-52-43/h13-16,25-28,49,58-60H,5-12,17-24H2,1-4H3/t25-,26-,27-,28-/m0/s1. The molecule has 8 bridgehead atoms. The summed E-state index contributed by atoms with van der Waals surface area (Å²) in [6, 6.07) is 9.32. The molecule has 1 aliphatic carbocycles. The lowest BCUT2D eigenvalue weighted by atomic mass is 9.74. The summed E-state index contributed by atoms with van der Waals surface area (Å²) in [5, 5.41) is 11.3. The van der Waals surface area contributed by atoms with Crippen molar-refractivity contribution in [1.82, 2.24) is 0 Å². The molecule has 0 amide bonds. The van der Waals surface area contributed by atoms with Gasteiger partial charge in [0.25, 0.3) is 0 Å². The third kappa shape index (κ3) is 6.65. The van der Waals surface area contributed by atoms with Crippen LogP contribution in [0.25, 0.3) is 0 Å². The number of hydrogen-bond acceptors (Lipinski definition) is 12. The minimum atomic E-state index is -0.284. The quantitative estimate of drug-likeness (QED) is 0.104. The molecule has 4 aromatic carbocycles. The topological polar surface area (TPSA) is 94.1 Å². The van der Waals surface area contributed by atoms with E-state index in [2.05, 4.69) is 52.0 Å². The number of aliphatic hydroxyl groups is 1. The molecule has 0 spiro atoms. The number of hydrogen-bond donors (Lipinski definition) is 4. The molecular weight excluding hydrogens is 817 g/mol. The first-order valence-corrected chi connectivity index (χ1v) is 23.6. The second-order valence-electron chi connectivity index (χ2n) is 16.4. The molecule has 4 atom stereocenters. The molecule has 60 heavy (non-hydrogen) atoms. The minimum absolute atomic E-state index is 0.0182. The van der Waals surface area contributed by atoms with Gasteiger partial charge in [-0.25, -0.2) is 0 Å². The van der Waals surface area contributed by atoms with E-state index in [0.29, 0.717) is 34.3 Å². The van der Waals surface area contributed by atoms with Crippen molar-refractivity contribution in [3.8, 4) is 46.0 Å². The van der Waals surface area contributed by atoms with Crippen LogP contribution in [0.15, 0.2) is 24.3 Å². The van der Waals surface area contributed by atoms with Crippen molar-refractivity contribution < 1.29 is 43.0 Å². The smallest absolute Gasteiger partial charge is 0.230 e. The number of thiol groups is 3. The van der Waals surface area contributed by atoms with Crippen molar-refractivity contribution in [1.29, 1.82) is 0 Å². The van der Waals surface area contributed by atoms with Crippen molar-refractivity contribution in [3.05, 3.63) is 91.0 Å². The third-order valence-electron chi connectivity index (χ3n) is 13.1. The highest BCUT2D eigenvalue weighted by atomic mass is 32.1. The van der Waals surface area contributed by atoms with Crippen LogP contribution in [0.1, 0.15) is 169 Å². The average Bonchev–Trinajstić information content (AvgIpc) is 3.24. The largest absolute Gasteiger partial charge is 0.457 e. The van der Waals surface area contributed by atoms with Gasteiger partial charge in [0.2, 0.25) is 27.2 Å². The Kier molecular flexibility index (Phi) is 12.2. The van der Waals surface area contributed by atoms with Crippen molar-refractivity contribution in [3.63, 3.8) is 0 Å². The fourth-order valence-corrected chi connectivity index (χ4v) is 11.5. The van der Waals surface area contributed by atoms with Gasteiger partial charge in [0.1, 0.15) is 46.0 Å². The van der Waals surface area contributed by atoms with Gasteiger partial charge in [0, 0.05) is 102 Å². The predicted molar refractivity (Wildman–Crippen MR) is 241 cm³/mol. The zero-order chi connectivity index (χ0) is 41.7. The normalized spacial score (nSPS) is 20.3. The highest BCUT2D eigenvalue weighted by Gasteiger charge is 2.40. The number of ether oxygens (including phenoxy) is 8. The lowest BCUT2D eigenvalue weighted by Crippen LogP contribution is -2.25. The first-order chi connectivity index (χ1) is 29.5. The highest BCUT2D eigenvalue weighted by molar-refractivity contribution is 7.79. The molecule has 4 aliphatic heterocycles. The fourth-order valence-electron chi connectivity index (χ4n) is 10.7. The Morgan fingerprint density at radius 3 is 0.750 bits per heavy atom. The van der Waals surface area contributed by atoms with E-state index in [-0.39, 0.29) is 57.5 Å². The van der Waals surface area contributed by atoms with Crippen LogP contribution in [0.5, 0.6) is 46.0 Å². The van der Waals surface area contributed by atoms with E-state index in [1.165, 1.54) is 0 Å². The molecule has 12 heteroatoms. The first kappa shape index (κ1) is 41.6. The second kappa shape index (κ2) is 17.6. The van der Waals surface area contributed by atoms with Crippen molar-refractivity contribution in [2.75, 3.05) is 27.2 Å².